The second-order valence-electron chi connectivity index (χ2n) is 8.18. The van der Waals surface area contributed by atoms with Crippen molar-refractivity contribution in [3.8, 4) is 11.1 Å². The first kappa shape index (κ1) is 18.0. The van der Waals surface area contributed by atoms with E-state index in [0.29, 0.717) is 12.3 Å². The number of fused-ring (bicyclic) bond motifs is 1. The maximum atomic E-state index is 12.7. The average molecular weight is 386 g/mol. The van der Waals surface area contributed by atoms with E-state index in [1.54, 1.807) is 0 Å². The van der Waals surface area contributed by atoms with Crippen LogP contribution >= 0.6 is 0 Å². The summed E-state index contributed by atoms with van der Waals surface area (Å²) in [5.74, 6) is 0.805. The molecule has 0 aliphatic carbocycles. The Hall–Kier alpha value is -3.08. The third-order valence-electron chi connectivity index (χ3n) is 6.22. The number of nitrogens with one attached hydrogen (secondary N) is 1. The molecule has 2 aliphatic rings. The fourth-order valence-electron chi connectivity index (χ4n) is 4.65. The molecule has 3 heterocycles. The van der Waals surface area contributed by atoms with E-state index >= 15 is 0 Å². The van der Waals surface area contributed by atoms with Crippen molar-refractivity contribution in [1.29, 1.82) is 0 Å². The van der Waals surface area contributed by atoms with Crippen molar-refractivity contribution in [2.75, 3.05) is 31.1 Å². The molecule has 2 aromatic carbocycles. The van der Waals surface area contributed by atoms with Crippen LogP contribution in [0.5, 0.6) is 0 Å². The zero-order valence-corrected chi connectivity index (χ0v) is 16.6. The molecule has 1 unspecified atom stereocenters. The first-order valence-electron chi connectivity index (χ1n) is 10.4. The number of carbonyl (C=O) groups excluding carboxylic acids is 1. The number of H-pyrrole nitrogens is 1. The normalized spacial score (nSPS) is 18.3. The fraction of sp³-hybridized carbons (Fsp3) is 0.333. The molecular formula is C24H26N4O. The first-order chi connectivity index (χ1) is 14.3. The van der Waals surface area contributed by atoms with E-state index < -0.39 is 0 Å². The number of likely N-dealkylation sites (tertiary alicyclic amines) is 1. The molecule has 1 amide bonds. The quantitative estimate of drug-likeness (QED) is 0.730. The Kier molecular flexibility index (Phi) is 4.80. The van der Waals surface area contributed by atoms with Gasteiger partial charge in [-0.05, 0) is 47.6 Å². The van der Waals surface area contributed by atoms with Gasteiger partial charge in [0.15, 0.2) is 0 Å². The summed E-state index contributed by atoms with van der Waals surface area (Å²) in [5, 5.41) is 6.94. The van der Waals surface area contributed by atoms with E-state index in [1.807, 2.05) is 42.7 Å². The van der Waals surface area contributed by atoms with Gasteiger partial charge in [-0.25, -0.2) is 0 Å². The summed E-state index contributed by atoms with van der Waals surface area (Å²) in [6.07, 6.45) is 6.50. The largest absolute Gasteiger partial charge is 0.371 e. The van der Waals surface area contributed by atoms with E-state index in [2.05, 4.69) is 38.2 Å². The third-order valence-corrected chi connectivity index (χ3v) is 6.22. The predicted octanol–water partition coefficient (Wildman–Crippen LogP) is 3.53. The molecule has 1 fully saturated rings. The number of hydrogen-bond donors (Lipinski definition) is 1. The van der Waals surface area contributed by atoms with Crippen molar-refractivity contribution in [3.63, 3.8) is 0 Å². The molecule has 1 atom stereocenters. The van der Waals surface area contributed by atoms with Crippen LogP contribution in [0.1, 0.15) is 17.5 Å². The fourth-order valence-corrected chi connectivity index (χ4v) is 4.65. The highest BCUT2D eigenvalue weighted by atomic mass is 16.2. The standard InChI is InChI=1S/C24H26N4O/c29-24(12-18-4-2-1-3-5-18)28-10-8-19(17-28)16-27-11-9-21-13-20(6-7-23(21)27)22-14-25-26-15-22/h1-7,13-15,19H,8-12,16-17H2,(H,25,26). The lowest BCUT2D eigenvalue weighted by molar-refractivity contribution is -0.129. The molecular weight excluding hydrogens is 360 g/mol. The van der Waals surface area contributed by atoms with Gasteiger partial charge in [0.25, 0.3) is 0 Å². The number of hydrogen-bond acceptors (Lipinski definition) is 3. The number of carbonyl (C=O) groups is 1. The highest BCUT2D eigenvalue weighted by Gasteiger charge is 2.29. The zero-order chi connectivity index (χ0) is 19.6. The van der Waals surface area contributed by atoms with Crippen LogP contribution in [0.3, 0.4) is 0 Å². The summed E-state index contributed by atoms with van der Waals surface area (Å²) in [6.45, 7) is 3.87. The maximum Gasteiger partial charge on any atom is 0.226 e. The van der Waals surface area contributed by atoms with Gasteiger partial charge in [0.05, 0.1) is 12.6 Å². The number of aromatic nitrogens is 2. The number of aromatic amines is 1. The van der Waals surface area contributed by atoms with Crippen molar-refractivity contribution >= 4 is 11.6 Å². The second kappa shape index (κ2) is 7.74. The van der Waals surface area contributed by atoms with Crippen LogP contribution in [-0.4, -0.2) is 47.2 Å². The SMILES string of the molecule is O=C(Cc1ccccc1)N1CCC(CN2CCc3cc(-c4cn[nH]c4)ccc32)C1. The monoisotopic (exact) mass is 386 g/mol. The number of rotatable bonds is 5. The minimum Gasteiger partial charge on any atom is -0.371 e. The summed E-state index contributed by atoms with van der Waals surface area (Å²) >= 11 is 0. The number of nitrogens with zero attached hydrogens (tertiary/aromatic N) is 3. The highest BCUT2D eigenvalue weighted by molar-refractivity contribution is 5.79. The van der Waals surface area contributed by atoms with Crippen LogP contribution in [0.4, 0.5) is 5.69 Å². The molecule has 1 saturated heterocycles. The van der Waals surface area contributed by atoms with Crippen molar-refractivity contribution in [1.82, 2.24) is 15.1 Å². The van der Waals surface area contributed by atoms with E-state index in [4.69, 9.17) is 0 Å². The van der Waals surface area contributed by atoms with Gasteiger partial charge in [-0.15, -0.1) is 0 Å². The smallest absolute Gasteiger partial charge is 0.226 e. The van der Waals surface area contributed by atoms with Crippen molar-refractivity contribution < 1.29 is 4.79 Å². The number of amides is 1. The summed E-state index contributed by atoms with van der Waals surface area (Å²) in [7, 11) is 0. The molecule has 5 nitrogen and oxygen atoms in total. The van der Waals surface area contributed by atoms with Crippen molar-refractivity contribution in [3.05, 3.63) is 72.1 Å². The van der Waals surface area contributed by atoms with Gasteiger partial charge in [0.1, 0.15) is 0 Å². The lowest BCUT2D eigenvalue weighted by Crippen LogP contribution is -2.33. The first-order valence-corrected chi connectivity index (χ1v) is 10.4. The average Bonchev–Trinajstić information content (AvgIpc) is 3.50. The van der Waals surface area contributed by atoms with Gasteiger partial charge in [0, 0.05) is 43.6 Å². The maximum absolute atomic E-state index is 12.7. The van der Waals surface area contributed by atoms with Gasteiger partial charge >= 0.3 is 0 Å². The molecule has 1 N–H and O–H groups in total. The van der Waals surface area contributed by atoms with Gasteiger partial charge in [0.2, 0.25) is 5.91 Å². The molecule has 3 aromatic rings. The topological polar surface area (TPSA) is 52.2 Å². The minimum atomic E-state index is 0.255. The Balaban J connectivity index is 1.20. The van der Waals surface area contributed by atoms with Gasteiger partial charge < -0.3 is 9.80 Å². The Morgan fingerprint density at radius 2 is 2.00 bits per heavy atom. The zero-order valence-electron chi connectivity index (χ0n) is 16.6. The second-order valence-corrected chi connectivity index (χ2v) is 8.18. The summed E-state index contributed by atoms with van der Waals surface area (Å²) in [6, 6.07) is 16.8. The van der Waals surface area contributed by atoms with Crippen LogP contribution in [0.25, 0.3) is 11.1 Å². The third kappa shape index (κ3) is 3.77. The van der Waals surface area contributed by atoms with Crippen LogP contribution in [0, 0.1) is 5.92 Å². The van der Waals surface area contributed by atoms with E-state index in [0.717, 1.165) is 50.1 Å². The molecule has 0 bridgehead atoms. The van der Waals surface area contributed by atoms with Gasteiger partial charge in [-0.1, -0.05) is 36.4 Å². The predicted molar refractivity (Wildman–Crippen MR) is 115 cm³/mol. The molecule has 2 aliphatic heterocycles. The van der Waals surface area contributed by atoms with Crippen LogP contribution < -0.4 is 4.90 Å². The van der Waals surface area contributed by atoms with E-state index in [9.17, 15) is 4.79 Å². The lowest BCUT2D eigenvalue weighted by atomic mass is 10.0. The van der Waals surface area contributed by atoms with Crippen LogP contribution in [-0.2, 0) is 17.6 Å². The summed E-state index contributed by atoms with van der Waals surface area (Å²) < 4.78 is 0. The summed E-state index contributed by atoms with van der Waals surface area (Å²) in [5.41, 5.74) is 6.22. The Bertz CT molecular complexity index is 983. The van der Waals surface area contributed by atoms with E-state index in [1.165, 1.54) is 16.8 Å². The molecule has 0 saturated carbocycles. The van der Waals surface area contributed by atoms with Gasteiger partial charge in [-0.2, -0.15) is 5.10 Å². The number of anilines is 1. The van der Waals surface area contributed by atoms with Crippen molar-refractivity contribution in [2.45, 2.75) is 19.3 Å². The van der Waals surface area contributed by atoms with E-state index in [-0.39, 0.29) is 5.91 Å². The summed E-state index contributed by atoms with van der Waals surface area (Å²) in [4.78, 5) is 17.2. The number of benzene rings is 2. The molecule has 148 valence electrons. The minimum absolute atomic E-state index is 0.255. The Morgan fingerprint density at radius 3 is 2.83 bits per heavy atom. The molecule has 5 rings (SSSR count). The molecule has 29 heavy (non-hydrogen) atoms. The molecule has 5 heteroatoms. The Labute approximate surface area is 171 Å². The Morgan fingerprint density at radius 1 is 1.10 bits per heavy atom. The molecule has 0 radical (unpaired) electrons. The van der Waals surface area contributed by atoms with Crippen LogP contribution in [0.2, 0.25) is 0 Å². The molecule has 1 aromatic heterocycles. The highest BCUT2D eigenvalue weighted by Crippen LogP contribution is 2.33. The lowest BCUT2D eigenvalue weighted by Gasteiger charge is -2.24. The molecule has 0 spiro atoms. The van der Waals surface area contributed by atoms with Crippen LogP contribution in [0.15, 0.2) is 60.9 Å². The van der Waals surface area contributed by atoms with Crippen molar-refractivity contribution in [2.24, 2.45) is 5.92 Å². The van der Waals surface area contributed by atoms with Gasteiger partial charge in [-0.3, -0.25) is 9.89 Å².